The number of carbonyl (C=O) groups is 2. The highest BCUT2D eigenvalue weighted by atomic mass is 19.1. The van der Waals surface area contributed by atoms with Crippen molar-refractivity contribution >= 4 is 17.7 Å². The van der Waals surface area contributed by atoms with Crippen molar-refractivity contribution < 1.29 is 33.0 Å². The normalized spacial score (nSPS) is 14.2. The van der Waals surface area contributed by atoms with Crippen molar-refractivity contribution in [3.05, 3.63) is 111 Å². The first-order valence-corrected chi connectivity index (χ1v) is 18.1. The lowest BCUT2D eigenvalue weighted by Crippen LogP contribution is -2.42. The first-order chi connectivity index (χ1) is 26.5. The van der Waals surface area contributed by atoms with Crippen LogP contribution < -0.4 is 25.8 Å². The molecule has 2 aliphatic rings. The Morgan fingerprint density at radius 2 is 1.29 bits per heavy atom. The molecule has 0 unspecified atom stereocenters. The van der Waals surface area contributed by atoms with E-state index in [1.54, 1.807) is 36.4 Å². The van der Waals surface area contributed by atoms with Gasteiger partial charge < -0.3 is 19.9 Å². The first kappa shape index (κ1) is 37.3. The number of aromatic nitrogens is 2. The van der Waals surface area contributed by atoms with Crippen molar-refractivity contribution in [3.8, 4) is 45.3 Å². The van der Waals surface area contributed by atoms with E-state index in [1.807, 2.05) is 13.8 Å². The largest absolute Gasteiger partial charge is 0.496 e. The van der Waals surface area contributed by atoms with Gasteiger partial charge in [-0.3, -0.25) is 19.7 Å². The van der Waals surface area contributed by atoms with Gasteiger partial charge in [0.05, 0.1) is 26.1 Å². The number of anilines is 1. The number of hydrogen-bond donors (Lipinski definition) is 3. The number of carbonyl (C=O) groups excluding carboxylic acids is 2. The van der Waals surface area contributed by atoms with Crippen molar-refractivity contribution in [2.75, 3.05) is 45.7 Å². The summed E-state index contributed by atoms with van der Waals surface area (Å²) in [6.45, 7) is 8.01. The molecule has 0 spiro atoms. The van der Waals surface area contributed by atoms with Crippen LogP contribution in [0.1, 0.15) is 36.1 Å². The third kappa shape index (κ3) is 7.06. The molecule has 7 rings (SSSR count). The topological polar surface area (TPSA) is 130 Å². The molecule has 0 aliphatic carbocycles. The molecule has 0 atom stereocenters. The van der Waals surface area contributed by atoms with Gasteiger partial charge in [0.15, 0.2) is 0 Å². The third-order valence-electron chi connectivity index (χ3n) is 10.6. The molecule has 4 aromatic carbocycles. The molecule has 0 bridgehead atoms. The Kier molecular flexibility index (Phi) is 10.5. The number of benzene rings is 4. The lowest BCUT2D eigenvalue weighted by molar-refractivity contribution is 0.231. The number of methoxy groups -OCH3 is 2. The number of ether oxygens (including phenoxy) is 2. The molecular weight excluding hydrogens is 710 g/mol. The van der Waals surface area contributed by atoms with Crippen LogP contribution in [0.25, 0.3) is 27.9 Å². The van der Waals surface area contributed by atoms with Crippen LogP contribution in [0.5, 0.6) is 17.4 Å². The zero-order valence-electron chi connectivity index (χ0n) is 31.0. The molecule has 3 amide bonds. The predicted molar refractivity (Wildman–Crippen MR) is 204 cm³/mol. The minimum absolute atomic E-state index is 0.410. The van der Waals surface area contributed by atoms with E-state index in [-0.39, 0.29) is 0 Å². The van der Waals surface area contributed by atoms with Crippen LogP contribution in [0.2, 0.25) is 0 Å². The highest BCUT2D eigenvalue weighted by Gasteiger charge is 2.28. The van der Waals surface area contributed by atoms with Crippen molar-refractivity contribution in [2.45, 2.75) is 39.8 Å². The number of aromatic hydroxyl groups is 1. The summed E-state index contributed by atoms with van der Waals surface area (Å²) in [5.74, 6) is -0.498. The predicted octanol–water partition coefficient (Wildman–Crippen LogP) is 6.52. The van der Waals surface area contributed by atoms with E-state index < -0.39 is 35.3 Å². The van der Waals surface area contributed by atoms with Crippen molar-refractivity contribution in [1.82, 2.24) is 24.3 Å². The number of fused-ring (bicyclic) bond motifs is 2. The Morgan fingerprint density at radius 3 is 1.85 bits per heavy atom. The molecule has 3 N–H and O–H groups in total. The lowest BCUT2D eigenvalue weighted by Gasteiger charge is -2.31. The van der Waals surface area contributed by atoms with Crippen LogP contribution in [0.15, 0.2) is 71.7 Å². The molecule has 2 aliphatic heterocycles. The number of rotatable bonds is 8. The maximum Gasteiger partial charge on any atom is 0.344 e. The number of amides is 3. The fourth-order valence-electron chi connectivity index (χ4n) is 7.72. The van der Waals surface area contributed by atoms with Gasteiger partial charge in [0.1, 0.15) is 23.1 Å². The summed E-state index contributed by atoms with van der Waals surface area (Å²) < 4.78 is 41.6. The number of halogens is 2. The Balaban J connectivity index is 1.19. The van der Waals surface area contributed by atoms with E-state index in [9.17, 15) is 28.3 Å². The Hall–Kier alpha value is -5.99. The van der Waals surface area contributed by atoms with Gasteiger partial charge in [-0.1, -0.05) is 26.0 Å². The fourth-order valence-corrected chi connectivity index (χ4v) is 7.72. The zero-order valence-corrected chi connectivity index (χ0v) is 31.0. The first-order valence-electron chi connectivity index (χ1n) is 18.1. The van der Waals surface area contributed by atoms with Crippen LogP contribution in [0.4, 0.5) is 24.1 Å². The number of urea groups is 1. The molecule has 0 fully saturated rings. The Labute approximate surface area is 316 Å². The van der Waals surface area contributed by atoms with Gasteiger partial charge >= 0.3 is 17.8 Å². The second-order valence-electron chi connectivity index (χ2n) is 13.5. The van der Waals surface area contributed by atoms with Gasteiger partial charge in [0.25, 0.3) is 0 Å². The third-order valence-corrected chi connectivity index (χ3v) is 10.6. The van der Waals surface area contributed by atoms with E-state index in [0.717, 1.165) is 65.8 Å². The summed E-state index contributed by atoms with van der Waals surface area (Å²) in [5.41, 5.74) is 6.05. The smallest absolute Gasteiger partial charge is 0.344 e. The maximum absolute atomic E-state index is 14.4. The number of imidazole rings is 1. The van der Waals surface area contributed by atoms with Gasteiger partial charge in [-0.25, -0.2) is 23.2 Å². The van der Waals surface area contributed by atoms with Crippen molar-refractivity contribution in [1.29, 1.82) is 0 Å². The molecule has 0 saturated carbocycles. The van der Waals surface area contributed by atoms with Crippen LogP contribution in [-0.4, -0.2) is 76.5 Å². The summed E-state index contributed by atoms with van der Waals surface area (Å²) in [4.78, 5) is 45.1. The van der Waals surface area contributed by atoms with Crippen LogP contribution in [0, 0.1) is 11.6 Å². The van der Waals surface area contributed by atoms with Gasteiger partial charge in [-0.15, -0.1) is 0 Å². The van der Waals surface area contributed by atoms with Crippen molar-refractivity contribution in [2.24, 2.45) is 0 Å². The molecule has 0 radical (unpaired) electrons. The summed E-state index contributed by atoms with van der Waals surface area (Å²) in [5, 5.41) is 15.9. The summed E-state index contributed by atoms with van der Waals surface area (Å²) in [6.07, 6.45) is 2.37. The number of imide groups is 1. The number of likely N-dealkylation sites (N-methyl/N-ethyl adjacent to an activating group) is 2. The quantitative estimate of drug-likeness (QED) is 0.164. The summed E-state index contributed by atoms with van der Waals surface area (Å²) >= 11 is 0. The van der Waals surface area contributed by atoms with E-state index in [4.69, 9.17) is 9.47 Å². The van der Waals surface area contributed by atoms with Gasteiger partial charge in [0.2, 0.25) is 5.88 Å². The average Bonchev–Trinajstić information content (AvgIpc) is 3.49. The van der Waals surface area contributed by atoms with Crippen LogP contribution in [0.3, 0.4) is 0 Å². The van der Waals surface area contributed by atoms with Crippen LogP contribution >= 0.6 is 0 Å². The molecule has 0 saturated heterocycles. The maximum atomic E-state index is 14.4. The summed E-state index contributed by atoms with van der Waals surface area (Å²) in [6, 6.07) is 13.5. The monoisotopic (exact) mass is 752 g/mol. The van der Waals surface area contributed by atoms with Gasteiger partial charge in [0, 0.05) is 43.0 Å². The van der Waals surface area contributed by atoms with E-state index in [0.29, 0.717) is 64.5 Å². The molecular formula is C41H42F2N6O6. The Bertz CT molecular complexity index is 2370. The standard InChI is InChI=1S/C41H42F2N6O6/c1-5-46-17-15-28-26(30-19-24(42)7-13-36(30)54-3)9-11-34(32(28)21-46)44-39(51)45-40(52)49-38(50)23-48(41(49)53)35-12-10-27(29-16-18-47(6-2)22-33(29)35)31-20-25(43)8-14-37(31)55-4/h7-14,19-20,23,50H,5-6,15-18,21-22H2,1-4H3,(H2,44,45,51,52). The van der Waals surface area contributed by atoms with E-state index in [1.165, 1.54) is 43.1 Å². The number of hydrogen-bond acceptors (Lipinski definition) is 8. The zero-order chi connectivity index (χ0) is 39.0. The molecule has 5 aromatic rings. The second-order valence-corrected chi connectivity index (χ2v) is 13.5. The molecule has 286 valence electrons. The van der Waals surface area contributed by atoms with Gasteiger partial charge in [-0.05, 0) is 108 Å². The molecule has 3 heterocycles. The van der Waals surface area contributed by atoms with Crippen LogP contribution in [-0.2, 0) is 25.9 Å². The lowest BCUT2D eigenvalue weighted by atomic mass is 9.89. The second kappa shape index (κ2) is 15.4. The molecule has 55 heavy (non-hydrogen) atoms. The number of nitrogens with zero attached hydrogens (tertiary/aromatic N) is 4. The minimum Gasteiger partial charge on any atom is -0.496 e. The molecule has 12 nitrogen and oxygen atoms in total. The molecule has 1 aromatic heterocycles. The van der Waals surface area contributed by atoms with E-state index in [2.05, 4.69) is 20.4 Å². The van der Waals surface area contributed by atoms with Crippen molar-refractivity contribution in [3.63, 3.8) is 0 Å². The fraction of sp³-hybridized carbons (Fsp3) is 0.293. The van der Waals surface area contributed by atoms with E-state index >= 15 is 0 Å². The van der Waals surface area contributed by atoms with Gasteiger partial charge in [-0.2, -0.15) is 4.57 Å². The number of nitrogens with one attached hydrogen (secondary N) is 2. The Morgan fingerprint density at radius 1 is 0.745 bits per heavy atom. The minimum atomic E-state index is -1.16. The highest BCUT2D eigenvalue weighted by Crippen LogP contribution is 2.40. The average molecular weight is 753 g/mol. The highest BCUT2D eigenvalue weighted by molar-refractivity contribution is 6.02. The summed E-state index contributed by atoms with van der Waals surface area (Å²) in [7, 11) is 3.04. The molecule has 14 heteroatoms. The SMILES string of the molecule is CCN1CCc2c(-c3cc(F)ccc3OC)ccc(NC(=O)NC(=O)n3c(O)cn(-c4ccc(-c5cc(F)ccc5OC)c5c4CN(CC)CC5)c3=O)c2C1.